The lowest BCUT2D eigenvalue weighted by Crippen LogP contribution is -2.23. The van der Waals surface area contributed by atoms with E-state index in [1.807, 2.05) is 0 Å². The smallest absolute Gasteiger partial charge is 0.0669 e. The molecule has 0 saturated heterocycles. The summed E-state index contributed by atoms with van der Waals surface area (Å²) in [5.74, 6) is 0.167. The molecule has 1 rings (SSSR count). The van der Waals surface area contributed by atoms with Crippen molar-refractivity contribution in [3.05, 3.63) is 22.4 Å². The van der Waals surface area contributed by atoms with E-state index >= 15 is 0 Å². The van der Waals surface area contributed by atoms with E-state index in [0.29, 0.717) is 0 Å². The third-order valence-corrected chi connectivity index (χ3v) is 3.07. The van der Waals surface area contributed by atoms with Gasteiger partial charge < -0.3 is 0 Å². The molecule has 1 heterocycles. The Bertz CT molecular complexity index is 287. The molecule has 0 radical (unpaired) electrons. The van der Waals surface area contributed by atoms with E-state index < -0.39 is 0 Å². The lowest BCUT2D eigenvalue weighted by atomic mass is 10.1. The van der Waals surface area contributed by atoms with Crippen molar-refractivity contribution in [2.24, 2.45) is 5.92 Å². The van der Waals surface area contributed by atoms with Crippen LogP contribution >= 0.6 is 11.3 Å². The van der Waals surface area contributed by atoms with E-state index in [-0.39, 0.29) is 5.92 Å². The highest BCUT2D eigenvalue weighted by molar-refractivity contribution is 7.09. The molecule has 0 aliphatic heterocycles. The number of rotatable bonds is 5. The molecule has 0 aliphatic carbocycles. The highest BCUT2D eigenvalue weighted by atomic mass is 32.1. The molecule has 1 aromatic rings. The van der Waals surface area contributed by atoms with Crippen molar-refractivity contribution >= 4 is 11.3 Å². The second-order valence-electron chi connectivity index (χ2n) is 3.51. The van der Waals surface area contributed by atoms with Crippen LogP contribution in [0.4, 0.5) is 0 Å². The van der Waals surface area contributed by atoms with Crippen LogP contribution in [0.15, 0.2) is 17.5 Å². The van der Waals surface area contributed by atoms with Gasteiger partial charge in [-0.25, -0.2) is 0 Å². The van der Waals surface area contributed by atoms with Gasteiger partial charge >= 0.3 is 0 Å². The van der Waals surface area contributed by atoms with Gasteiger partial charge in [0.05, 0.1) is 12.0 Å². The van der Waals surface area contributed by atoms with Crippen LogP contribution in [0.5, 0.6) is 0 Å². The van der Waals surface area contributed by atoms with Crippen molar-refractivity contribution in [1.29, 1.82) is 5.26 Å². The molecular weight excluding hydrogens is 192 g/mol. The van der Waals surface area contributed by atoms with Crippen LogP contribution in [0.25, 0.3) is 0 Å². The Morgan fingerprint density at radius 1 is 1.64 bits per heavy atom. The summed E-state index contributed by atoms with van der Waals surface area (Å²) in [6.45, 7) is 3.88. The summed E-state index contributed by atoms with van der Waals surface area (Å²) in [6, 6.07) is 6.52. The molecule has 0 aliphatic rings. The predicted molar refractivity (Wildman–Crippen MR) is 60.0 cm³/mol. The van der Waals surface area contributed by atoms with Gasteiger partial charge in [0.15, 0.2) is 0 Å². The largest absolute Gasteiger partial charge is 0.300 e. The van der Waals surface area contributed by atoms with Gasteiger partial charge in [-0.1, -0.05) is 13.0 Å². The Labute approximate surface area is 89.8 Å². The van der Waals surface area contributed by atoms with Crippen LogP contribution in [0.2, 0.25) is 0 Å². The Hall–Kier alpha value is -0.850. The summed E-state index contributed by atoms with van der Waals surface area (Å²) in [5, 5.41) is 10.9. The van der Waals surface area contributed by atoms with Crippen LogP contribution in [0.1, 0.15) is 18.2 Å². The second kappa shape index (κ2) is 5.79. The first-order valence-electron chi connectivity index (χ1n) is 4.86. The van der Waals surface area contributed by atoms with Gasteiger partial charge in [-0.15, -0.1) is 11.3 Å². The molecule has 76 valence electrons. The number of thiophene rings is 1. The van der Waals surface area contributed by atoms with E-state index in [2.05, 4.69) is 42.5 Å². The zero-order chi connectivity index (χ0) is 10.4. The maximum atomic E-state index is 8.83. The van der Waals surface area contributed by atoms with Crippen LogP contribution in [-0.2, 0) is 6.54 Å². The number of nitriles is 1. The molecule has 14 heavy (non-hydrogen) atoms. The van der Waals surface area contributed by atoms with Crippen LogP contribution in [0.3, 0.4) is 0 Å². The molecule has 1 unspecified atom stereocenters. The molecule has 0 N–H and O–H groups in total. The van der Waals surface area contributed by atoms with Crippen molar-refractivity contribution in [3.63, 3.8) is 0 Å². The van der Waals surface area contributed by atoms with Gasteiger partial charge in [-0.3, -0.25) is 4.90 Å². The zero-order valence-electron chi connectivity index (χ0n) is 8.73. The number of hydrogen-bond donors (Lipinski definition) is 0. The molecule has 0 fully saturated rings. The Morgan fingerprint density at radius 3 is 2.93 bits per heavy atom. The molecule has 0 saturated carbocycles. The van der Waals surface area contributed by atoms with Crippen molar-refractivity contribution in [2.45, 2.75) is 19.9 Å². The molecular formula is C11H16N2S. The SMILES string of the molecule is CCC(C#N)CN(C)Cc1cccs1. The van der Waals surface area contributed by atoms with E-state index in [1.165, 1.54) is 4.88 Å². The van der Waals surface area contributed by atoms with Gasteiger partial charge in [0.2, 0.25) is 0 Å². The lowest BCUT2D eigenvalue weighted by molar-refractivity contribution is 0.295. The first kappa shape index (κ1) is 11.2. The van der Waals surface area contributed by atoms with E-state index in [0.717, 1.165) is 19.5 Å². The molecule has 0 spiro atoms. The van der Waals surface area contributed by atoms with Crippen molar-refractivity contribution in [3.8, 4) is 6.07 Å². The standard InChI is InChI=1S/C11H16N2S/c1-3-10(7-12)8-13(2)9-11-5-4-6-14-11/h4-6,10H,3,8-9H2,1-2H3. The minimum absolute atomic E-state index is 0.167. The first-order valence-corrected chi connectivity index (χ1v) is 5.74. The minimum atomic E-state index is 0.167. The molecule has 0 aromatic carbocycles. The summed E-state index contributed by atoms with van der Waals surface area (Å²) in [4.78, 5) is 3.57. The average molecular weight is 208 g/mol. The molecule has 0 amide bonds. The third-order valence-electron chi connectivity index (χ3n) is 2.21. The predicted octanol–water partition coefficient (Wildman–Crippen LogP) is 2.73. The molecule has 2 nitrogen and oxygen atoms in total. The average Bonchev–Trinajstić information content (AvgIpc) is 2.66. The number of nitrogens with zero attached hydrogens (tertiary/aromatic N) is 2. The van der Waals surface area contributed by atoms with Crippen LogP contribution < -0.4 is 0 Å². The summed E-state index contributed by atoms with van der Waals surface area (Å²) in [7, 11) is 2.07. The van der Waals surface area contributed by atoms with Crippen molar-refractivity contribution in [2.75, 3.05) is 13.6 Å². The highest BCUT2D eigenvalue weighted by Crippen LogP contribution is 2.12. The summed E-state index contributed by atoms with van der Waals surface area (Å²) >= 11 is 1.77. The Balaban J connectivity index is 2.36. The van der Waals surface area contributed by atoms with Crippen molar-refractivity contribution in [1.82, 2.24) is 4.90 Å². The molecule has 3 heteroatoms. The lowest BCUT2D eigenvalue weighted by Gasteiger charge is -2.17. The number of hydrogen-bond acceptors (Lipinski definition) is 3. The molecule has 1 atom stereocenters. The highest BCUT2D eigenvalue weighted by Gasteiger charge is 2.08. The van der Waals surface area contributed by atoms with Gasteiger partial charge in [0.25, 0.3) is 0 Å². The van der Waals surface area contributed by atoms with Gasteiger partial charge in [0.1, 0.15) is 0 Å². The fourth-order valence-electron chi connectivity index (χ4n) is 1.37. The normalized spacial score (nSPS) is 12.7. The first-order chi connectivity index (χ1) is 6.76. The Kier molecular flexibility index (Phi) is 4.64. The van der Waals surface area contributed by atoms with Gasteiger partial charge in [-0.05, 0) is 24.9 Å². The quantitative estimate of drug-likeness (QED) is 0.744. The van der Waals surface area contributed by atoms with Crippen LogP contribution in [-0.4, -0.2) is 18.5 Å². The third kappa shape index (κ3) is 3.49. The summed E-state index contributed by atoms with van der Waals surface area (Å²) in [5.41, 5.74) is 0. The molecule has 0 bridgehead atoms. The minimum Gasteiger partial charge on any atom is -0.300 e. The van der Waals surface area contributed by atoms with Crippen molar-refractivity contribution < 1.29 is 0 Å². The fraction of sp³-hybridized carbons (Fsp3) is 0.545. The maximum Gasteiger partial charge on any atom is 0.0669 e. The van der Waals surface area contributed by atoms with Gasteiger partial charge in [0, 0.05) is 18.0 Å². The van der Waals surface area contributed by atoms with E-state index in [4.69, 9.17) is 5.26 Å². The topological polar surface area (TPSA) is 27.0 Å². The Morgan fingerprint density at radius 2 is 2.43 bits per heavy atom. The second-order valence-corrected chi connectivity index (χ2v) is 4.54. The van der Waals surface area contributed by atoms with E-state index in [1.54, 1.807) is 11.3 Å². The summed E-state index contributed by atoms with van der Waals surface area (Å²) < 4.78 is 0. The monoisotopic (exact) mass is 208 g/mol. The van der Waals surface area contributed by atoms with E-state index in [9.17, 15) is 0 Å². The molecule has 1 aromatic heterocycles. The fourth-order valence-corrected chi connectivity index (χ4v) is 2.15. The summed E-state index contributed by atoms with van der Waals surface area (Å²) in [6.07, 6.45) is 0.936. The maximum absolute atomic E-state index is 8.83. The zero-order valence-corrected chi connectivity index (χ0v) is 9.55. The van der Waals surface area contributed by atoms with Crippen LogP contribution in [0, 0.1) is 17.2 Å². The van der Waals surface area contributed by atoms with Gasteiger partial charge in [-0.2, -0.15) is 5.26 Å².